The molecule has 1 saturated heterocycles. The predicted molar refractivity (Wildman–Crippen MR) is 69.1 cm³/mol. The third-order valence-electron chi connectivity index (χ3n) is 3.39. The van der Waals surface area contributed by atoms with Gasteiger partial charge < -0.3 is 14.8 Å². The molecule has 96 valence electrons. The van der Waals surface area contributed by atoms with Crippen LogP contribution in [-0.2, 0) is 0 Å². The molecule has 4 nitrogen and oxygen atoms in total. The van der Waals surface area contributed by atoms with Gasteiger partial charge in [-0.25, -0.2) is 0 Å². The second-order valence-electron chi connectivity index (χ2n) is 4.46. The maximum atomic E-state index is 9.19. The minimum Gasteiger partial charge on any atom is -0.493 e. The number of piperidine rings is 1. The predicted octanol–water partition coefficient (Wildman–Crippen LogP) is 2.04. The molecule has 0 amide bonds. The SMILES string of the molecule is COc1cc(C2CCCNC2)cc(C#N)c1OC. The number of methoxy groups -OCH3 is 2. The summed E-state index contributed by atoms with van der Waals surface area (Å²) in [4.78, 5) is 0. The van der Waals surface area contributed by atoms with Crippen molar-refractivity contribution >= 4 is 0 Å². The molecule has 1 aromatic rings. The van der Waals surface area contributed by atoms with Crippen molar-refractivity contribution in [3.63, 3.8) is 0 Å². The van der Waals surface area contributed by atoms with Crippen LogP contribution in [0.2, 0.25) is 0 Å². The highest BCUT2D eigenvalue weighted by Crippen LogP contribution is 2.36. The van der Waals surface area contributed by atoms with Crippen molar-refractivity contribution in [3.05, 3.63) is 23.3 Å². The zero-order valence-corrected chi connectivity index (χ0v) is 10.8. The number of nitrogens with one attached hydrogen (secondary N) is 1. The van der Waals surface area contributed by atoms with Gasteiger partial charge in [0.15, 0.2) is 11.5 Å². The van der Waals surface area contributed by atoms with Crippen LogP contribution in [0.15, 0.2) is 12.1 Å². The van der Waals surface area contributed by atoms with E-state index in [1.165, 1.54) is 6.42 Å². The monoisotopic (exact) mass is 246 g/mol. The molecule has 1 fully saturated rings. The van der Waals surface area contributed by atoms with Gasteiger partial charge >= 0.3 is 0 Å². The summed E-state index contributed by atoms with van der Waals surface area (Å²) in [5.74, 6) is 1.61. The number of hydrogen-bond acceptors (Lipinski definition) is 4. The minimum atomic E-state index is 0.450. The topological polar surface area (TPSA) is 54.3 Å². The van der Waals surface area contributed by atoms with E-state index >= 15 is 0 Å². The maximum absolute atomic E-state index is 9.19. The van der Waals surface area contributed by atoms with Gasteiger partial charge in [-0.15, -0.1) is 0 Å². The lowest BCUT2D eigenvalue weighted by Crippen LogP contribution is -2.28. The van der Waals surface area contributed by atoms with Crippen LogP contribution in [0.1, 0.15) is 29.9 Å². The summed E-state index contributed by atoms with van der Waals surface area (Å²) in [6, 6.07) is 6.07. The van der Waals surface area contributed by atoms with Gasteiger partial charge in [0.25, 0.3) is 0 Å². The van der Waals surface area contributed by atoms with Crippen LogP contribution in [0.25, 0.3) is 0 Å². The minimum absolute atomic E-state index is 0.450. The van der Waals surface area contributed by atoms with Crippen molar-refractivity contribution in [2.45, 2.75) is 18.8 Å². The van der Waals surface area contributed by atoms with Crippen LogP contribution < -0.4 is 14.8 Å². The van der Waals surface area contributed by atoms with Gasteiger partial charge in [-0.05, 0) is 43.0 Å². The molecule has 0 spiro atoms. The number of nitrogens with zero attached hydrogens (tertiary/aromatic N) is 1. The number of benzene rings is 1. The Hall–Kier alpha value is -1.73. The van der Waals surface area contributed by atoms with Gasteiger partial charge in [0.2, 0.25) is 0 Å². The molecule has 0 aliphatic carbocycles. The first-order valence-corrected chi connectivity index (χ1v) is 6.17. The number of hydrogen-bond donors (Lipinski definition) is 1. The van der Waals surface area contributed by atoms with Crippen LogP contribution in [0.3, 0.4) is 0 Å². The van der Waals surface area contributed by atoms with E-state index in [4.69, 9.17) is 9.47 Å². The number of rotatable bonds is 3. The van der Waals surface area contributed by atoms with Crippen LogP contribution >= 0.6 is 0 Å². The van der Waals surface area contributed by atoms with Crippen molar-refractivity contribution in [2.24, 2.45) is 0 Å². The Balaban J connectivity index is 2.39. The smallest absolute Gasteiger partial charge is 0.178 e. The summed E-state index contributed by atoms with van der Waals surface area (Å²) >= 11 is 0. The fourth-order valence-electron chi connectivity index (χ4n) is 2.44. The Labute approximate surface area is 108 Å². The third kappa shape index (κ3) is 2.41. The standard InChI is InChI=1S/C14H18N2O2/c1-17-13-7-11(10-4-3-5-16-9-10)6-12(8-15)14(13)18-2/h6-7,10,16H,3-5,9H2,1-2H3. The molecule has 1 aliphatic heterocycles. The first-order valence-electron chi connectivity index (χ1n) is 6.17. The van der Waals surface area contributed by atoms with Gasteiger partial charge in [0.1, 0.15) is 6.07 Å². The molecular formula is C14H18N2O2. The molecular weight excluding hydrogens is 228 g/mol. The summed E-state index contributed by atoms with van der Waals surface area (Å²) in [5, 5.41) is 12.6. The van der Waals surface area contributed by atoms with E-state index < -0.39 is 0 Å². The van der Waals surface area contributed by atoms with E-state index in [1.807, 2.05) is 12.1 Å². The van der Waals surface area contributed by atoms with E-state index in [9.17, 15) is 5.26 Å². The molecule has 1 aliphatic rings. The fourth-order valence-corrected chi connectivity index (χ4v) is 2.44. The molecule has 0 saturated carbocycles. The van der Waals surface area contributed by atoms with Crippen molar-refractivity contribution in [3.8, 4) is 17.6 Å². The second-order valence-corrected chi connectivity index (χ2v) is 4.46. The van der Waals surface area contributed by atoms with Gasteiger partial charge in [0.05, 0.1) is 19.8 Å². The van der Waals surface area contributed by atoms with E-state index in [0.717, 1.165) is 25.1 Å². The second kappa shape index (κ2) is 5.74. The summed E-state index contributed by atoms with van der Waals surface area (Å²) in [6.07, 6.45) is 2.31. The van der Waals surface area contributed by atoms with E-state index in [1.54, 1.807) is 14.2 Å². The number of ether oxygens (including phenoxy) is 2. The van der Waals surface area contributed by atoms with Crippen LogP contribution in [0.4, 0.5) is 0 Å². The Morgan fingerprint density at radius 3 is 2.72 bits per heavy atom. The molecule has 0 radical (unpaired) electrons. The average molecular weight is 246 g/mol. The third-order valence-corrected chi connectivity index (χ3v) is 3.39. The maximum Gasteiger partial charge on any atom is 0.178 e. The van der Waals surface area contributed by atoms with Gasteiger partial charge in [-0.2, -0.15) is 5.26 Å². The highest BCUT2D eigenvalue weighted by atomic mass is 16.5. The molecule has 2 rings (SSSR count). The lowest BCUT2D eigenvalue weighted by Gasteiger charge is -2.24. The molecule has 1 heterocycles. The van der Waals surface area contributed by atoms with Crippen LogP contribution in [0.5, 0.6) is 11.5 Å². The molecule has 4 heteroatoms. The zero-order chi connectivity index (χ0) is 13.0. The van der Waals surface area contributed by atoms with E-state index in [0.29, 0.717) is 23.0 Å². The van der Waals surface area contributed by atoms with Crippen LogP contribution in [0, 0.1) is 11.3 Å². The molecule has 18 heavy (non-hydrogen) atoms. The Morgan fingerprint density at radius 1 is 1.33 bits per heavy atom. The first kappa shape index (κ1) is 12.7. The Kier molecular flexibility index (Phi) is 4.06. The quantitative estimate of drug-likeness (QED) is 0.886. The Morgan fingerprint density at radius 2 is 2.17 bits per heavy atom. The lowest BCUT2D eigenvalue weighted by molar-refractivity contribution is 0.352. The summed E-state index contributed by atoms with van der Waals surface area (Å²) < 4.78 is 10.6. The molecule has 1 unspecified atom stereocenters. The first-order chi connectivity index (χ1) is 8.80. The van der Waals surface area contributed by atoms with Crippen molar-refractivity contribution in [2.75, 3.05) is 27.3 Å². The van der Waals surface area contributed by atoms with Gasteiger partial charge in [0, 0.05) is 6.54 Å². The highest BCUT2D eigenvalue weighted by Gasteiger charge is 2.19. The molecule has 1 aromatic carbocycles. The number of nitriles is 1. The molecule has 0 bridgehead atoms. The zero-order valence-electron chi connectivity index (χ0n) is 10.8. The van der Waals surface area contributed by atoms with Gasteiger partial charge in [-0.1, -0.05) is 0 Å². The van der Waals surface area contributed by atoms with Crippen molar-refractivity contribution in [1.29, 1.82) is 5.26 Å². The van der Waals surface area contributed by atoms with Gasteiger partial charge in [-0.3, -0.25) is 0 Å². The largest absolute Gasteiger partial charge is 0.493 e. The summed E-state index contributed by atoms with van der Waals surface area (Å²) in [7, 11) is 3.16. The van der Waals surface area contributed by atoms with E-state index in [-0.39, 0.29) is 0 Å². The fraction of sp³-hybridized carbons (Fsp3) is 0.500. The lowest BCUT2D eigenvalue weighted by atomic mass is 9.90. The van der Waals surface area contributed by atoms with Crippen LogP contribution in [-0.4, -0.2) is 27.3 Å². The molecule has 0 aromatic heterocycles. The van der Waals surface area contributed by atoms with Crippen molar-refractivity contribution in [1.82, 2.24) is 5.32 Å². The Bertz CT molecular complexity index is 460. The average Bonchev–Trinajstić information content (AvgIpc) is 2.46. The normalized spacial score (nSPS) is 19.1. The van der Waals surface area contributed by atoms with E-state index in [2.05, 4.69) is 11.4 Å². The summed E-state index contributed by atoms with van der Waals surface area (Å²) in [5.41, 5.74) is 1.69. The summed E-state index contributed by atoms with van der Waals surface area (Å²) in [6.45, 7) is 2.04. The molecule has 1 N–H and O–H groups in total. The highest BCUT2D eigenvalue weighted by molar-refractivity contribution is 5.55. The van der Waals surface area contributed by atoms with Crippen molar-refractivity contribution < 1.29 is 9.47 Å². The molecule has 1 atom stereocenters.